The summed E-state index contributed by atoms with van der Waals surface area (Å²) in [5.74, 6) is 0.957. The Labute approximate surface area is 114 Å². The molecule has 18 heavy (non-hydrogen) atoms. The van der Waals surface area contributed by atoms with Crippen molar-refractivity contribution in [3.8, 4) is 0 Å². The van der Waals surface area contributed by atoms with Gasteiger partial charge in [0.2, 0.25) is 0 Å². The highest BCUT2D eigenvalue weighted by Gasteiger charge is 2.55. The number of aliphatic imine (C=N–C) groups is 1. The lowest BCUT2D eigenvalue weighted by atomic mass is 9.66. The molecule has 0 saturated heterocycles. The van der Waals surface area contributed by atoms with E-state index in [1.54, 1.807) is 0 Å². The summed E-state index contributed by atoms with van der Waals surface area (Å²) in [7, 11) is 0. The molecule has 0 amide bonds. The minimum Gasteiger partial charge on any atom is -0.385 e. The van der Waals surface area contributed by atoms with E-state index in [0.717, 1.165) is 32.1 Å². The highest BCUT2D eigenvalue weighted by molar-refractivity contribution is 6.20. The molecule has 0 bridgehead atoms. The summed E-state index contributed by atoms with van der Waals surface area (Å²) in [5.41, 5.74) is 5.24. The van der Waals surface area contributed by atoms with Crippen molar-refractivity contribution in [3.63, 3.8) is 0 Å². The van der Waals surface area contributed by atoms with Crippen molar-refractivity contribution < 1.29 is 5.11 Å². The fourth-order valence-electron chi connectivity index (χ4n) is 4.26. The van der Waals surface area contributed by atoms with Gasteiger partial charge in [-0.05, 0) is 38.0 Å². The Bertz CT molecular complexity index is 354. The van der Waals surface area contributed by atoms with Crippen molar-refractivity contribution in [2.45, 2.75) is 68.4 Å². The molecule has 2 fully saturated rings. The third-order valence-electron chi connectivity index (χ3n) is 5.26. The highest BCUT2D eigenvalue weighted by atomic mass is 35.5. The molecule has 0 aromatic rings. The Kier molecular flexibility index (Phi) is 3.31. The SMILES string of the molecule is NC1=NC2CCC(Cl)CC2[C@@]1(O)C1CCCCC1. The molecule has 0 aromatic heterocycles. The molecule has 3 nitrogen and oxygen atoms in total. The number of hydrogen-bond acceptors (Lipinski definition) is 3. The van der Waals surface area contributed by atoms with Crippen molar-refractivity contribution in [3.05, 3.63) is 0 Å². The maximum absolute atomic E-state index is 11.2. The first-order valence-electron chi connectivity index (χ1n) is 7.32. The Hall–Kier alpha value is -0.280. The molecule has 0 radical (unpaired) electrons. The average molecular weight is 271 g/mol. The van der Waals surface area contributed by atoms with Crippen LogP contribution in [0.15, 0.2) is 4.99 Å². The molecule has 1 heterocycles. The topological polar surface area (TPSA) is 58.6 Å². The molecule has 2 aliphatic carbocycles. The number of alkyl halides is 1. The number of aliphatic hydroxyl groups is 1. The number of amidine groups is 1. The summed E-state index contributed by atoms with van der Waals surface area (Å²) in [6, 6.07) is 0.215. The Morgan fingerprint density at radius 1 is 1.17 bits per heavy atom. The lowest BCUT2D eigenvalue weighted by Gasteiger charge is -2.43. The summed E-state index contributed by atoms with van der Waals surface area (Å²) in [5, 5.41) is 11.4. The normalized spacial score (nSPS) is 45.7. The minimum atomic E-state index is -0.862. The van der Waals surface area contributed by atoms with E-state index in [0.29, 0.717) is 11.8 Å². The molecule has 102 valence electrons. The van der Waals surface area contributed by atoms with Crippen LogP contribution >= 0.6 is 11.6 Å². The third-order valence-corrected chi connectivity index (χ3v) is 5.65. The molecule has 4 heteroatoms. The molecule has 3 N–H and O–H groups in total. The van der Waals surface area contributed by atoms with E-state index in [1.807, 2.05) is 0 Å². The maximum Gasteiger partial charge on any atom is 0.129 e. The van der Waals surface area contributed by atoms with Gasteiger partial charge in [0.25, 0.3) is 0 Å². The molecular weight excluding hydrogens is 248 g/mol. The lowest BCUT2D eigenvalue weighted by Crippen LogP contribution is -2.55. The molecule has 3 aliphatic rings. The average Bonchev–Trinajstić information content (AvgIpc) is 2.64. The zero-order chi connectivity index (χ0) is 12.8. The summed E-state index contributed by atoms with van der Waals surface area (Å²) in [4.78, 5) is 4.56. The van der Waals surface area contributed by atoms with Gasteiger partial charge in [-0.15, -0.1) is 11.6 Å². The number of halogens is 1. The van der Waals surface area contributed by atoms with Crippen LogP contribution in [0.1, 0.15) is 51.4 Å². The van der Waals surface area contributed by atoms with Crippen LogP contribution in [-0.2, 0) is 0 Å². The fraction of sp³-hybridized carbons (Fsp3) is 0.929. The van der Waals surface area contributed by atoms with Gasteiger partial charge in [-0.25, -0.2) is 0 Å². The first-order chi connectivity index (χ1) is 8.62. The monoisotopic (exact) mass is 270 g/mol. The van der Waals surface area contributed by atoms with Crippen molar-refractivity contribution in [1.29, 1.82) is 0 Å². The number of nitrogens with two attached hydrogens (primary N) is 1. The van der Waals surface area contributed by atoms with Crippen LogP contribution in [0.2, 0.25) is 0 Å². The summed E-state index contributed by atoms with van der Waals surface area (Å²) in [6.45, 7) is 0. The highest BCUT2D eigenvalue weighted by Crippen LogP contribution is 2.48. The molecule has 0 spiro atoms. The quantitative estimate of drug-likeness (QED) is 0.719. The van der Waals surface area contributed by atoms with Crippen LogP contribution in [-0.4, -0.2) is 28.0 Å². The predicted octanol–water partition coefficient (Wildman–Crippen LogP) is 2.44. The Morgan fingerprint density at radius 3 is 2.61 bits per heavy atom. The Morgan fingerprint density at radius 2 is 1.89 bits per heavy atom. The fourth-order valence-corrected chi connectivity index (χ4v) is 4.58. The maximum atomic E-state index is 11.2. The smallest absolute Gasteiger partial charge is 0.129 e. The van der Waals surface area contributed by atoms with Gasteiger partial charge >= 0.3 is 0 Å². The largest absolute Gasteiger partial charge is 0.385 e. The Balaban J connectivity index is 1.86. The molecular formula is C14H23ClN2O. The lowest BCUT2D eigenvalue weighted by molar-refractivity contribution is -0.0289. The van der Waals surface area contributed by atoms with Crippen LogP contribution in [0.3, 0.4) is 0 Å². The number of hydrogen-bond donors (Lipinski definition) is 2. The molecule has 4 atom stereocenters. The second-order valence-electron chi connectivity index (χ2n) is 6.26. The van der Waals surface area contributed by atoms with Crippen molar-refractivity contribution in [2.75, 3.05) is 0 Å². The van der Waals surface area contributed by atoms with Gasteiger partial charge in [0.05, 0.1) is 6.04 Å². The van der Waals surface area contributed by atoms with Gasteiger partial charge in [0.1, 0.15) is 11.4 Å². The summed E-state index contributed by atoms with van der Waals surface area (Å²) in [6.07, 6.45) is 8.73. The van der Waals surface area contributed by atoms with Crippen LogP contribution in [0.25, 0.3) is 0 Å². The molecule has 2 saturated carbocycles. The van der Waals surface area contributed by atoms with E-state index >= 15 is 0 Å². The van der Waals surface area contributed by atoms with E-state index < -0.39 is 5.60 Å². The zero-order valence-electron chi connectivity index (χ0n) is 10.8. The van der Waals surface area contributed by atoms with Gasteiger partial charge in [0.15, 0.2) is 0 Å². The second-order valence-corrected chi connectivity index (χ2v) is 6.88. The van der Waals surface area contributed by atoms with E-state index in [1.165, 1.54) is 19.3 Å². The van der Waals surface area contributed by atoms with Gasteiger partial charge in [0, 0.05) is 11.3 Å². The van der Waals surface area contributed by atoms with E-state index in [4.69, 9.17) is 17.3 Å². The molecule has 1 aliphatic heterocycles. The number of fused-ring (bicyclic) bond motifs is 1. The van der Waals surface area contributed by atoms with E-state index in [2.05, 4.69) is 4.99 Å². The van der Waals surface area contributed by atoms with Gasteiger partial charge in [-0.3, -0.25) is 4.99 Å². The minimum absolute atomic E-state index is 0.164. The van der Waals surface area contributed by atoms with E-state index in [-0.39, 0.29) is 17.3 Å². The zero-order valence-corrected chi connectivity index (χ0v) is 11.6. The molecule has 3 rings (SSSR count). The summed E-state index contributed by atoms with van der Waals surface area (Å²) < 4.78 is 0. The van der Waals surface area contributed by atoms with Crippen molar-refractivity contribution in [1.82, 2.24) is 0 Å². The molecule has 0 aromatic carbocycles. The number of rotatable bonds is 1. The summed E-state index contributed by atoms with van der Waals surface area (Å²) >= 11 is 6.29. The van der Waals surface area contributed by atoms with Gasteiger partial charge in [-0.1, -0.05) is 19.3 Å². The van der Waals surface area contributed by atoms with Crippen LogP contribution in [0, 0.1) is 11.8 Å². The van der Waals surface area contributed by atoms with Crippen LogP contribution in [0.5, 0.6) is 0 Å². The van der Waals surface area contributed by atoms with Crippen LogP contribution in [0.4, 0.5) is 0 Å². The standard InChI is InChI=1S/C14H23ClN2O/c15-10-6-7-12-11(8-10)14(18,13(16)17-12)9-4-2-1-3-5-9/h9-12,18H,1-8H2,(H2,16,17)/t10?,11?,12?,14-/m0/s1. The van der Waals surface area contributed by atoms with Gasteiger partial charge < -0.3 is 10.8 Å². The second kappa shape index (κ2) is 4.68. The van der Waals surface area contributed by atoms with Crippen molar-refractivity contribution in [2.24, 2.45) is 22.6 Å². The van der Waals surface area contributed by atoms with Gasteiger partial charge in [-0.2, -0.15) is 0 Å². The first kappa shape index (κ1) is 12.7. The van der Waals surface area contributed by atoms with Crippen LogP contribution < -0.4 is 5.73 Å². The van der Waals surface area contributed by atoms with Crippen molar-refractivity contribution >= 4 is 17.4 Å². The molecule has 3 unspecified atom stereocenters. The third kappa shape index (κ3) is 1.87. The number of nitrogens with zero attached hydrogens (tertiary/aromatic N) is 1. The first-order valence-corrected chi connectivity index (χ1v) is 7.76. The van der Waals surface area contributed by atoms with E-state index in [9.17, 15) is 5.11 Å². The predicted molar refractivity (Wildman–Crippen MR) is 73.9 cm³/mol.